The molecule has 4 rings (SSSR count). The molecule has 4 aliphatic rings. The molecule has 3 saturated heterocycles. The summed E-state index contributed by atoms with van der Waals surface area (Å²) < 4.78 is 6.49. The number of carbonyl (C=O) groups excluding carboxylic acids is 3. The summed E-state index contributed by atoms with van der Waals surface area (Å²) in [4.78, 5) is 42.2. The number of amides is 3. The summed E-state index contributed by atoms with van der Waals surface area (Å²) in [5, 5.41) is 15.3. The fraction of sp³-hybridized carbons (Fsp3) is 0.875. The molecule has 1 aliphatic carbocycles. The maximum atomic E-state index is 13.8. The Hall–Kier alpha value is -1.19. The first-order chi connectivity index (χ1) is 15.9. The number of ether oxygens (including phenoxy) is 1. The molecule has 9 heteroatoms. The molecular formula is C24H38BrN3O5. The monoisotopic (exact) mass is 527 g/mol. The van der Waals surface area contributed by atoms with Crippen molar-refractivity contribution in [3.63, 3.8) is 0 Å². The molecule has 186 valence electrons. The molecule has 0 aromatic heterocycles. The number of alkyl halides is 1. The van der Waals surface area contributed by atoms with Gasteiger partial charge in [-0.05, 0) is 44.9 Å². The number of nitrogens with zero attached hydrogens (tertiary/aromatic N) is 1. The third-order valence-corrected chi connectivity index (χ3v) is 8.74. The van der Waals surface area contributed by atoms with E-state index >= 15 is 0 Å². The first-order valence-electron chi connectivity index (χ1n) is 12.8. The molecule has 1 saturated carbocycles. The Morgan fingerprint density at radius 2 is 1.94 bits per heavy atom. The molecule has 33 heavy (non-hydrogen) atoms. The van der Waals surface area contributed by atoms with Crippen molar-refractivity contribution in [2.75, 3.05) is 19.7 Å². The van der Waals surface area contributed by atoms with Crippen LogP contribution in [0, 0.1) is 11.8 Å². The van der Waals surface area contributed by atoms with Crippen molar-refractivity contribution in [1.29, 1.82) is 0 Å². The molecule has 3 heterocycles. The van der Waals surface area contributed by atoms with Gasteiger partial charge in [-0.15, -0.1) is 0 Å². The van der Waals surface area contributed by atoms with Gasteiger partial charge in [0.2, 0.25) is 17.7 Å². The predicted octanol–water partition coefficient (Wildman–Crippen LogP) is 1.87. The van der Waals surface area contributed by atoms with Crippen LogP contribution in [0.25, 0.3) is 0 Å². The molecule has 3 N–H and O–H groups in total. The van der Waals surface area contributed by atoms with Crippen LogP contribution in [-0.4, -0.2) is 76.0 Å². The Morgan fingerprint density at radius 1 is 1.18 bits per heavy atom. The van der Waals surface area contributed by atoms with Gasteiger partial charge in [0, 0.05) is 30.6 Å². The number of hydrogen-bond acceptors (Lipinski definition) is 5. The second-order valence-corrected chi connectivity index (χ2v) is 11.3. The summed E-state index contributed by atoms with van der Waals surface area (Å²) in [6.45, 7) is 3.10. The van der Waals surface area contributed by atoms with Crippen LogP contribution < -0.4 is 10.6 Å². The minimum absolute atomic E-state index is 0.0711. The van der Waals surface area contributed by atoms with E-state index in [1.54, 1.807) is 4.90 Å². The van der Waals surface area contributed by atoms with Crippen molar-refractivity contribution in [2.24, 2.45) is 11.8 Å². The number of hydrogen-bond donors (Lipinski definition) is 3. The molecule has 2 bridgehead atoms. The van der Waals surface area contributed by atoms with Crippen molar-refractivity contribution in [3.8, 4) is 0 Å². The Bertz CT molecular complexity index is 746. The van der Waals surface area contributed by atoms with E-state index in [0.717, 1.165) is 38.5 Å². The van der Waals surface area contributed by atoms with Crippen molar-refractivity contribution in [2.45, 2.75) is 99.7 Å². The van der Waals surface area contributed by atoms with Gasteiger partial charge in [0.15, 0.2) is 0 Å². The van der Waals surface area contributed by atoms with Crippen LogP contribution >= 0.6 is 15.9 Å². The maximum absolute atomic E-state index is 13.8. The van der Waals surface area contributed by atoms with E-state index in [1.807, 2.05) is 6.92 Å². The fourth-order valence-corrected chi connectivity index (χ4v) is 7.38. The lowest BCUT2D eigenvalue weighted by Crippen LogP contribution is -2.57. The highest BCUT2D eigenvalue weighted by atomic mass is 79.9. The first kappa shape index (κ1) is 24.9. The highest BCUT2D eigenvalue weighted by Crippen LogP contribution is 2.60. The Morgan fingerprint density at radius 3 is 2.64 bits per heavy atom. The topological polar surface area (TPSA) is 108 Å². The van der Waals surface area contributed by atoms with Gasteiger partial charge in [-0.2, -0.15) is 0 Å². The average Bonchev–Trinajstić information content (AvgIpc) is 3.39. The zero-order valence-electron chi connectivity index (χ0n) is 19.6. The van der Waals surface area contributed by atoms with Crippen LogP contribution in [0.15, 0.2) is 0 Å². The number of halogens is 1. The molecule has 0 radical (unpaired) electrons. The highest BCUT2D eigenvalue weighted by molar-refractivity contribution is 9.09. The lowest BCUT2D eigenvalue weighted by Gasteiger charge is -2.35. The van der Waals surface area contributed by atoms with Crippen molar-refractivity contribution in [3.05, 3.63) is 0 Å². The largest absolute Gasteiger partial charge is 0.396 e. The standard InChI is InChI=1S/C24H38BrN3O5/c1-2-11-26-21(30)17-18-23(32)28(12-7-4-8-13-29)20(24(18)14-16(25)19(17)33-24)22(31)27-15-9-5-3-6-10-15/h15-20,29H,2-14H2,1H3,(H,26,30)(H,27,31)/t16?,17-,18+,19-,20?,24?/m1/s1. The van der Waals surface area contributed by atoms with Gasteiger partial charge in [0.25, 0.3) is 0 Å². The summed E-state index contributed by atoms with van der Waals surface area (Å²) in [7, 11) is 0. The summed E-state index contributed by atoms with van der Waals surface area (Å²) in [5.41, 5.74) is -0.972. The molecule has 4 fully saturated rings. The van der Waals surface area contributed by atoms with Crippen molar-refractivity contribution < 1.29 is 24.2 Å². The lowest BCUT2D eigenvalue weighted by molar-refractivity contribution is -0.142. The van der Waals surface area contributed by atoms with Gasteiger partial charge in [0.1, 0.15) is 11.6 Å². The summed E-state index contributed by atoms with van der Waals surface area (Å²) >= 11 is 3.70. The van der Waals surface area contributed by atoms with Gasteiger partial charge < -0.3 is 25.4 Å². The second-order valence-electron chi connectivity index (χ2n) is 10.1. The molecule has 0 aromatic rings. The number of carbonyl (C=O) groups is 3. The Kier molecular flexibility index (Phi) is 8.01. The second kappa shape index (κ2) is 10.6. The Labute approximate surface area is 204 Å². The Balaban J connectivity index is 1.61. The van der Waals surface area contributed by atoms with Crippen LogP contribution in [0.5, 0.6) is 0 Å². The number of aliphatic hydroxyl groups excluding tert-OH is 1. The number of rotatable bonds is 10. The predicted molar refractivity (Wildman–Crippen MR) is 127 cm³/mol. The van der Waals surface area contributed by atoms with Crippen molar-refractivity contribution in [1.82, 2.24) is 15.5 Å². The number of nitrogens with one attached hydrogen (secondary N) is 2. The molecule has 3 aliphatic heterocycles. The van der Waals surface area contributed by atoms with E-state index in [9.17, 15) is 14.4 Å². The molecule has 1 spiro atoms. The van der Waals surface area contributed by atoms with E-state index in [0.29, 0.717) is 32.4 Å². The molecule has 0 aromatic carbocycles. The third-order valence-electron chi connectivity index (χ3n) is 7.90. The summed E-state index contributed by atoms with van der Waals surface area (Å²) in [5.74, 6) is -1.65. The van der Waals surface area contributed by atoms with Crippen LogP contribution in [0.2, 0.25) is 0 Å². The van der Waals surface area contributed by atoms with Gasteiger partial charge in [-0.25, -0.2) is 0 Å². The number of likely N-dealkylation sites (tertiary alicyclic amines) is 1. The maximum Gasteiger partial charge on any atom is 0.246 e. The summed E-state index contributed by atoms with van der Waals surface area (Å²) in [6, 6.07) is -0.588. The SMILES string of the molecule is CCCNC(=O)[C@H]1[C@@H]2OC3(CC2Br)C(C(=O)NC2CCCCC2)N(CCCCCO)C(=O)[C@H]13. The molecule has 3 unspecified atom stereocenters. The normalized spacial score (nSPS) is 35.7. The van der Waals surface area contributed by atoms with E-state index in [2.05, 4.69) is 26.6 Å². The van der Waals surface area contributed by atoms with Crippen LogP contribution in [0.3, 0.4) is 0 Å². The van der Waals surface area contributed by atoms with Crippen LogP contribution in [-0.2, 0) is 19.1 Å². The third kappa shape index (κ3) is 4.57. The van der Waals surface area contributed by atoms with Gasteiger partial charge >= 0.3 is 0 Å². The zero-order valence-corrected chi connectivity index (χ0v) is 21.1. The van der Waals surface area contributed by atoms with Crippen molar-refractivity contribution >= 4 is 33.7 Å². The highest BCUT2D eigenvalue weighted by Gasteiger charge is 2.76. The van der Waals surface area contributed by atoms with Gasteiger partial charge in [0.05, 0.1) is 17.9 Å². The molecule has 8 nitrogen and oxygen atoms in total. The van der Waals surface area contributed by atoms with E-state index < -0.39 is 29.6 Å². The quantitative estimate of drug-likeness (QED) is 0.297. The van der Waals surface area contributed by atoms with Gasteiger partial charge in [-0.3, -0.25) is 14.4 Å². The van der Waals surface area contributed by atoms with E-state index in [-0.39, 0.29) is 35.2 Å². The molecule has 3 amide bonds. The molecule has 6 atom stereocenters. The molecular weight excluding hydrogens is 490 g/mol. The number of unbranched alkanes of at least 4 members (excludes halogenated alkanes) is 2. The van der Waals surface area contributed by atoms with E-state index in [4.69, 9.17) is 9.84 Å². The average molecular weight is 528 g/mol. The minimum atomic E-state index is -0.972. The smallest absolute Gasteiger partial charge is 0.246 e. The number of fused-ring (bicyclic) bond motifs is 1. The number of aliphatic hydroxyl groups is 1. The van der Waals surface area contributed by atoms with Crippen LogP contribution in [0.4, 0.5) is 0 Å². The first-order valence-corrected chi connectivity index (χ1v) is 13.7. The lowest BCUT2D eigenvalue weighted by atomic mass is 9.70. The summed E-state index contributed by atoms with van der Waals surface area (Å²) in [6.07, 6.45) is 8.44. The zero-order chi connectivity index (χ0) is 23.6. The fourth-order valence-electron chi connectivity index (χ4n) is 6.43. The minimum Gasteiger partial charge on any atom is -0.396 e. The van der Waals surface area contributed by atoms with E-state index in [1.165, 1.54) is 6.42 Å². The van der Waals surface area contributed by atoms with Gasteiger partial charge in [-0.1, -0.05) is 42.1 Å². The van der Waals surface area contributed by atoms with Crippen LogP contribution in [0.1, 0.15) is 71.1 Å².